The van der Waals surface area contributed by atoms with Crippen molar-refractivity contribution in [1.82, 2.24) is 24.5 Å². The molecule has 0 aliphatic heterocycles. The molecule has 0 amide bonds. The van der Waals surface area contributed by atoms with Gasteiger partial charge in [-0.3, -0.25) is 4.55 Å². The molecule has 0 saturated heterocycles. The highest BCUT2D eigenvalue weighted by Gasteiger charge is 2.28. The van der Waals surface area contributed by atoms with Crippen molar-refractivity contribution in [2.45, 2.75) is 16.7 Å². The molecule has 0 radical (unpaired) electrons. The SMILES string of the molecule is Cc1c(C#N)c(/N=N/c2c(C(=O)O)nn(-c3c(Cl)cc(S(=O)(=O)O)cc3Cl)c2O)nn1-c1nc2ccc(SOOO)cc2s1. The number of carbonyl (C=O) groups is 1. The molecule has 226 valence electrons. The van der Waals surface area contributed by atoms with Gasteiger partial charge in [-0.2, -0.15) is 23.5 Å². The van der Waals surface area contributed by atoms with E-state index >= 15 is 0 Å². The number of nitrogens with zero attached hydrogens (tertiary/aromatic N) is 8. The van der Waals surface area contributed by atoms with Crippen LogP contribution in [0.25, 0.3) is 21.0 Å². The maximum atomic E-state index is 11.9. The summed E-state index contributed by atoms with van der Waals surface area (Å²) in [6.45, 7) is 1.57. The lowest BCUT2D eigenvalue weighted by Crippen LogP contribution is -2.04. The van der Waals surface area contributed by atoms with E-state index in [4.69, 9.17) is 28.5 Å². The Morgan fingerprint density at radius 1 is 1.16 bits per heavy atom. The van der Waals surface area contributed by atoms with Crippen molar-refractivity contribution in [3.05, 3.63) is 57.3 Å². The first kappa shape index (κ1) is 31.3. The van der Waals surface area contributed by atoms with Gasteiger partial charge in [0, 0.05) is 4.90 Å². The molecule has 44 heavy (non-hydrogen) atoms. The van der Waals surface area contributed by atoms with E-state index in [-0.39, 0.29) is 17.1 Å². The number of aromatic nitrogens is 5. The number of benzene rings is 2. The number of halogens is 2. The molecular weight excluding hydrogens is 687 g/mol. The Morgan fingerprint density at radius 3 is 2.48 bits per heavy atom. The molecule has 0 aliphatic carbocycles. The molecule has 3 heterocycles. The van der Waals surface area contributed by atoms with E-state index in [9.17, 15) is 33.2 Å². The van der Waals surface area contributed by atoms with Crippen LogP contribution >= 0.6 is 46.6 Å². The third-order valence-electron chi connectivity index (χ3n) is 5.68. The van der Waals surface area contributed by atoms with E-state index in [1.54, 1.807) is 25.1 Å². The summed E-state index contributed by atoms with van der Waals surface area (Å²) >= 11 is 14.2. The van der Waals surface area contributed by atoms with Gasteiger partial charge in [0.25, 0.3) is 10.1 Å². The zero-order chi connectivity index (χ0) is 31.9. The normalized spacial score (nSPS) is 11.9. The highest BCUT2D eigenvalue weighted by Crippen LogP contribution is 2.40. The Morgan fingerprint density at radius 2 is 1.86 bits per heavy atom. The van der Waals surface area contributed by atoms with Gasteiger partial charge in [-0.1, -0.05) is 39.6 Å². The summed E-state index contributed by atoms with van der Waals surface area (Å²) in [6.07, 6.45) is 0. The fourth-order valence-electron chi connectivity index (χ4n) is 3.75. The first-order chi connectivity index (χ1) is 20.8. The third kappa shape index (κ3) is 5.83. The van der Waals surface area contributed by atoms with Crippen molar-refractivity contribution >= 4 is 84.4 Å². The summed E-state index contributed by atoms with van der Waals surface area (Å²) in [5.74, 6) is -2.79. The number of fused-ring (bicyclic) bond motifs is 1. The predicted octanol–water partition coefficient (Wildman–Crippen LogP) is 5.65. The second kappa shape index (κ2) is 12.1. The van der Waals surface area contributed by atoms with E-state index in [2.05, 4.69) is 34.8 Å². The molecule has 0 bridgehead atoms. The second-order valence-electron chi connectivity index (χ2n) is 8.31. The molecule has 0 spiro atoms. The summed E-state index contributed by atoms with van der Waals surface area (Å²) in [5, 5.41) is 57.6. The number of hydrogen-bond donors (Lipinski definition) is 4. The molecule has 22 heteroatoms. The van der Waals surface area contributed by atoms with Crippen molar-refractivity contribution in [3.8, 4) is 22.8 Å². The standard InChI is InChI=1S/C22H12Cl2N8O9S3/c1-8-11(7-25)19(30-31(8)22-26-14-3-2-9(43-41-40-36)4-15(14)42-22)28-27-16-17(21(34)35)29-32(20(16)33)18-12(23)5-10(6-13(18)24)44(37,38)39/h2-6,33,36H,1H3,(H,34,35)(H,37,38,39)/b28-27+. The first-order valence-corrected chi connectivity index (χ1v) is 15.1. The number of aromatic hydroxyl groups is 1. The highest BCUT2D eigenvalue weighted by atomic mass is 35.5. The predicted molar refractivity (Wildman–Crippen MR) is 153 cm³/mol. The van der Waals surface area contributed by atoms with Gasteiger partial charge >= 0.3 is 5.97 Å². The summed E-state index contributed by atoms with van der Waals surface area (Å²) in [7, 11) is -4.70. The quantitative estimate of drug-likeness (QED) is 0.0477. The summed E-state index contributed by atoms with van der Waals surface area (Å²) in [6, 6.07) is 8.65. The van der Waals surface area contributed by atoms with Crippen LogP contribution in [0.15, 0.2) is 50.4 Å². The van der Waals surface area contributed by atoms with Gasteiger partial charge in [0.1, 0.15) is 17.3 Å². The van der Waals surface area contributed by atoms with Crippen molar-refractivity contribution in [3.63, 3.8) is 0 Å². The number of thiazole rings is 1. The van der Waals surface area contributed by atoms with E-state index < -0.39 is 48.3 Å². The van der Waals surface area contributed by atoms with Crippen molar-refractivity contribution in [2.75, 3.05) is 0 Å². The zero-order valence-corrected chi connectivity index (χ0v) is 25.2. The van der Waals surface area contributed by atoms with Crippen LogP contribution in [0.4, 0.5) is 11.5 Å². The summed E-state index contributed by atoms with van der Waals surface area (Å²) in [5.41, 5.74) is -0.925. The van der Waals surface area contributed by atoms with E-state index in [1.165, 1.54) is 16.0 Å². The average Bonchev–Trinajstić information content (AvgIpc) is 3.62. The van der Waals surface area contributed by atoms with Crippen LogP contribution in [0.2, 0.25) is 10.0 Å². The fraction of sp³-hybridized carbons (Fsp3) is 0.0455. The second-order valence-corrected chi connectivity index (χ2v) is 12.3. The number of azo groups is 1. The molecule has 5 rings (SSSR count). The molecule has 0 saturated carbocycles. The lowest BCUT2D eigenvalue weighted by atomic mass is 10.3. The zero-order valence-electron chi connectivity index (χ0n) is 21.3. The summed E-state index contributed by atoms with van der Waals surface area (Å²) in [4.78, 5) is 16.4. The minimum absolute atomic E-state index is 0.0339. The molecule has 0 fully saturated rings. The van der Waals surface area contributed by atoms with Crippen LogP contribution in [0.3, 0.4) is 0 Å². The topological polar surface area (TPSA) is 248 Å². The van der Waals surface area contributed by atoms with Gasteiger partial charge in [-0.15, -0.1) is 19.7 Å². The third-order valence-corrected chi connectivity index (χ3v) is 8.66. The molecule has 0 atom stereocenters. The van der Waals surface area contributed by atoms with Crippen molar-refractivity contribution in [1.29, 1.82) is 5.26 Å². The number of carboxylic acid groups (broad SMARTS) is 1. The smallest absolute Gasteiger partial charge is 0.358 e. The minimum Gasteiger partial charge on any atom is -0.492 e. The van der Waals surface area contributed by atoms with Crippen LogP contribution in [0.5, 0.6) is 5.88 Å². The number of nitriles is 1. The van der Waals surface area contributed by atoms with Gasteiger partial charge < -0.3 is 10.2 Å². The Bertz CT molecular complexity index is 2130. The molecule has 2 aromatic carbocycles. The molecule has 4 N–H and O–H groups in total. The maximum absolute atomic E-state index is 11.9. The number of aromatic carboxylic acids is 1. The number of rotatable bonds is 9. The van der Waals surface area contributed by atoms with E-state index in [1.807, 2.05) is 6.07 Å². The average molecular weight is 699 g/mol. The number of hydrogen-bond acceptors (Lipinski definition) is 15. The van der Waals surface area contributed by atoms with Gasteiger partial charge in [-0.25, -0.2) is 19.7 Å². The first-order valence-electron chi connectivity index (χ1n) is 11.3. The maximum Gasteiger partial charge on any atom is 0.358 e. The summed E-state index contributed by atoms with van der Waals surface area (Å²) < 4.78 is 39.3. The lowest BCUT2D eigenvalue weighted by Gasteiger charge is -2.09. The Kier molecular flexibility index (Phi) is 8.58. The Labute approximate surface area is 262 Å². The minimum atomic E-state index is -4.70. The van der Waals surface area contributed by atoms with Gasteiger partial charge in [0.2, 0.25) is 22.5 Å². The molecule has 0 unspecified atom stereocenters. The fourth-order valence-corrected chi connectivity index (χ4v) is 6.54. The lowest BCUT2D eigenvalue weighted by molar-refractivity contribution is -0.432. The van der Waals surface area contributed by atoms with Crippen LogP contribution in [0, 0.1) is 18.3 Å². The van der Waals surface area contributed by atoms with Gasteiger partial charge in [0.15, 0.2) is 5.69 Å². The van der Waals surface area contributed by atoms with E-state index in [0.717, 1.165) is 24.2 Å². The molecule has 0 aliphatic rings. The van der Waals surface area contributed by atoms with Crippen LogP contribution in [0.1, 0.15) is 21.7 Å². The molecular formula is C22H12Cl2N8O9S3. The van der Waals surface area contributed by atoms with Crippen molar-refractivity contribution < 1.29 is 42.6 Å². The monoisotopic (exact) mass is 698 g/mol. The molecule has 5 aromatic rings. The Hall–Kier alpha value is -4.17. The largest absolute Gasteiger partial charge is 0.492 e. The van der Waals surface area contributed by atoms with Crippen LogP contribution < -0.4 is 0 Å². The molecule has 17 nitrogen and oxygen atoms in total. The van der Waals surface area contributed by atoms with Crippen LogP contribution in [-0.4, -0.2) is 59.0 Å². The highest BCUT2D eigenvalue weighted by molar-refractivity contribution is 7.94. The van der Waals surface area contributed by atoms with Crippen LogP contribution in [-0.2, 0) is 19.5 Å². The number of carboxylic acids is 1. The van der Waals surface area contributed by atoms with Gasteiger partial charge in [0.05, 0.1) is 42.9 Å². The van der Waals surface area contributed by atoms with Crippen molar-refractivity contribution in [2.24, 2.45) is 10.2 Å². The molecule has 3 aromatic heterocycles. The Balaban J connectivity index is 1.56. The van der Waals surface area contributed by atoms with E-state index in [0.29, 0.717) is 30.6 Å². The van der Waals surface area contributed by atoms with Gasteiger partial charge in [-0.05, 0) is 37.3 Å².